The molecule has 1 aromatic carbocycles. The highest BCUT2D eigenvalue weighted by Crippen LogP contribution is 2.32. The van der Waals surface area contributed by atoms with E-state index in [0.29, 0.717) is 0 Å². The second-order valence-corrected chi connectivity index (χ2v) is 9.08. The third-order valence-electron chi connectivity index (χ3n) is 4.30. The second kappa shape index (κ2) is 7.75. The predicted molar refractivity (Wildman–Crippen MR) is 103 cm³/mol. The molecule has 3 nitrogen and oxygen atoms in total. The topological polar surface area (TPSA) is 36.3 Å². The van der Waals surface area contributed by atoms with Gasteiger partial charge in [-0.05, 0) is 36.3 Å². The molecule has 2 rings (SSSR count). The SMILES string of the molecule is CCC(=S)N1CC(C)(C)CS(=N)C1CCc1ccccc1OC. The van der Waals surface area contributed by atoms with Crippen LogP contribution in [0.5, 0.6) is 5.75 Å². The number of hydrogen-bond acceptors (Lipinski definition) is 3. The lowest BCUT2D eigenvalue weighted by atomic mass is 9.94. The molecule has 2 atom stereocenters. The Hall–Kier alpha value is -0.940. The van der Waals surface area contributed by atoms with Crippen LogP contribution in [0.3, 0.4) is 0 Å². The molecule has 1 saturated heterocycles. The summed E-state index contributed by atoms with van der Waals surface area (Å²) in [7, 11) is 1.33. The van der Waals surface area contributed by atoms with Crippen molar-refractivity contribution in [3.8, 4) is 5.75 Å². The number of ether oxygens (including phenoxy) is 1. The minimum atomic E-state index is -0.384. The zero-order chi connectivity index (χ0) is 17.0. The standard InChI is InChI=1S/C18H28N2OS2/c1-5-16(22)20-12-18(2,3)13-23(19)17(20)11-10-14-8-6-7-9-15(14)21-4/h6-9,17,19H,5,10-13H2,1-4H3. The van der Waals surface area contributed by atoms with Crippen LogP contribution >= 0.6 is 12.2 Å². The van der Waals surface area contributed by atoms with Crippen molar-refractivity contribution in [2.75, 3.05) is 19.4 Å². The van der Waals surface area contributed by atoms with Crippen molar-refractivity contribution in [2.24, 2.45) is 5.41 Å². The van der Waals surface area contributed by atoms with Crippen LogP contribution in [0.2, 0.25) is 0 Å². The molecule has 1 aliphatic heterocycles. The fourth-order valence-electron chi connectivity index (χ4n) is 3.22. The van der Waals surface area contributed by atoms with Crippen molar-refractivity contribution in [2.45, 2.75) is 45.4 Å². The predicted octanol–water partition coefficient (Wildman–Crippen LogP) is 4.41. The van der Waals surface area contributed by atoms with Crippen LogP contribution in [0, 0.1) is 10.2 Å². The Morgan fingerprint density at radius 3 is 2.78 bits per heavy atom. The van der Waals surface area contributed by atoms with E-state index in [-0.39, 0.29) is 21.5 Å². The van der Waals surface area contributed by atoms with Gasteiger partial charge in [-0.3, -0.25) is 4.78 Å². The summed E-state index contributed by atoms with van der Waals surface area (Å²) >= 11 is 5.61. The Balaban J connectivity index is 2.15. The average Bonchev–Trinajstić information content (AvgIpc) is 2.52. The monoisotopic (exact) mass is 352 g/mol. The van der Waals surface area contributed by atoms with E-state index in [2.05, 4.69) is 37.8 Å². The summed E-state index contributed by atoms with van der Waals surface area (Å²) in [6.07, 6.45) is 2.78. The van der Waals surface area contributed by atoms with Gasteiger partial charge in [0.05, 0.1) is 17.5 Å². The molecular formula is C18H28N2OS2. The molecule has 1 fully saturated rings. The van der Waals surface area contributed by atoms with Crippen LogP contribution in [0.15, 0.2) is 24.3 Å². The summed E-state index contributed by atoms with van der Waals surface area (Å²) in [4.78, 5) is 3.34. The summed E-state index contributed by atoms with van der Waals surface area (Å²) in [5.74, 6) is 1.91. The van der Waals surface area contributed by atoms with Crippen LogP contribution in [0.4, 0.5) is 0 Å². The number of aryl methyl sites for hydroxylation is 1. The maximum Gasteiger partial charge on any atom is 0.122 e. The van der Waals surface area contributed by atoms with E-state index in [4.69, 9.17) is 21.7 Å². The van der Waals surface area contributed by atoms with Gasteiger partial charge in [0, 0.05) is 12.3 Å². The highest BCUT2D eigenvalue weighted by atomic mass is 32.2. The number of benzene rings is 1. The van der Waals surface area contributed by atoms with Gasteiger partial charge in [-0.25, -0.2) is 0 Å². The molecule has 2 unspecified atom stereocenters. The van der Waals surface area contributed by atoms with Gasteiger partial charge < -0.3 is 9.64 Å². The smallest absolute Gasteiger partial charge is 0.122 e. The first-order chi connectivity index (χ1) is 10.9. The van der Waals surface area contributed by atoms with Crippen molar-refractivity contribution in [1.29, 1.82) is 4.78 Å². The van der Waals surface area contributed by atoms with E-state index < -0.39 is 0 Å². The quantitative estimate of drug-likeness (QED) is 0.797. The zero-order valence-electron chi connectivity index (χ0n) is 14.6. The molecule has 5 heteroatoms. The first-order valence-corrected chi connectivity index (χ1v) is 10.1. The van der Waals surface area contributed by atoms with Gasteiger partial charge >= 0.3 is 0 Å². The lowest BCUT2D eigenvalue weighted by Gasteiger charge is -2.46. The van der Waals surface area contributed by atoms with Gasteiger partial charge in [0.2, 0.25) is 0 Å². The second-order valence-electron chi connectivity index (χ2n) is 6.92. The average molecular weight is 353 g/mol. The number of thiocarbonyl (C=S) groups is 1. The molecule has 23 heavy (non-hydrogen) atoms. The number of rotatable bonds is 5. The molecule has 0 spiro atoms. The van der Waals surface area contributed by atoms with E-state index in [1.807, 2.05) is 12.1 Å². The summed E-state index contributed by atoms with van der Waals surface area (Å²) in [5, 5.41) is 0.236. The molecule has 1 heterocycles. The number of methoxy groups -OCH3 is 1. The minimum Gasteiger partial charge on any atom is -0.496 e. The van der Waals surface area contributed by atoms with Crippen molar-refractivity contribution >= 4 is 27.9 Å². The van der Waals surface area contributed by atoms with Crippen LogP contribution in [0.25, 0.3) is 0 Å². The maximum atomic E-state index is 8.64. The van der Waals surface area contributed by atoms with E-state index >= 15 is 0 Å². The molecule has 1 aliphatic rings. The van der Waals surface area contributed by atoms with E-state index in [9.17, 15) is 0 Å². The van der Waals surface area contributed by atoms with Gasteiger partial charge in [0.15, 0.2) is 0 Å². The van der Waals surface area contributed by atoms with E-state index in [1.165, 1.54) is 5.56 Å². The molecule has 1 aromatic rings. The molecule has 1 N–H and O–H groups in total. The van der Waals surface area contributed by atoms with Crippen LogP contribution in [0.1, 0.15) is 39.2 Å². The fraction of sp³-hybridized carbons (Fsp3) is 0.611. The normalized spacial score (nSPS) is 23.6. The van der Waals surface area contributed by atoms with E-state index in [0.717, 1.165) is 42.3 Å². The van der Waals surface area contributed by atoms with Crippen LogP contribution in [-0.2, 0) is 17.1 Å². The molecule has 0 aromatic heterocycles. The van der Waals surface area contributed by atoms with Gasteiger partial charge in [0.1, 0.15) is 5.75 Å². The lowest BCUT2D eigenvalue weighted by molar-refractivity contribution is 0.243. The highest BCUT2D eigenvalue weighted by molar-refractivity contribution is 7.86. The third-order valence-corrected chi connectivity index (χ3v) is 7.06. The van der Waals surface area contributed by atoms with Gasteiger partial charge in [0.25, 0.3) is 0 Å². The molecule has 128 valence electrons. The number of nitrogens with one attached hydrogen (secondary N) is 1. The summed E-state index contributed by atoms with van der Waals surface area (Å²) < 4.78 is 14.1. The molecule has 0 saturated carbocycles. The molecule has 0 radical (unpaired) electrons. The Labute approximate surface area is 148 Å². The maximum absolute atomic E-state index is 8.64. The summed E-state index contributed by atoms with van der Waals surface area (Å²) in [6.45, 7) is 7.59. The summed E-state index contributed by atoms with van der Waals surface area (Å²) in [6, 6.07) is 8.18. The van der Waals surface area contributed by atoms with Crippen molar-refractivity contribution in [1.82, 2.24) is 4.90 Å². The molecule has 0 bridgehead atoms. The molecular weight excluding hydrogens is 324 g/mol. The Morgan fingerprint density at radius 1 is 1.43 bits per heavy atom. The van der Waals surface area contributed by atoms with Crippen molar-refractivity contribution < 1.29 is 4.74 Å². The Bertz CT molecular complexity index is 586. The number of para-hydroxylation sites is 1. The largest absolute Gasteiger partial charge is 0.496 e. The number of nitrogens with zero attached hydrogens (tertiary/aromatic N) is 1. The fourth-order valence-corrected chi connectivity index (χ4v) is 5.51. The van der Waals surface area contributed by atoms with Crippen molar-refractivity contribution in [3.63, 3.8) is 0 Å². The van der Waals surface area contributed by atoms with Crippen molar-refractivity contribution in [3.05, 3.63) is 29.8 Å². The minimum absolute atomic E-state index is 0.172. The summed E-state index contributed by atoms with van der Waals surface area (Å²) in [5.41, 5.74) is 1.39. The Kier molecular flexibility index (Phi) is 6.20. The van der Waals surface area contributed by atoms with E-state index in [1.54, 1.807) is 7.11 Å². The third kappa shape index (κ3) is 4.54. The molecule has 0 aliphatic carbocycles. The molecule has 0 amide bonds. The number of hydrogen-bond donors (Lipinski definition) is 1. The van der Waals surface area contributed by atoms with Gasteiger partial charge in [-0.1, -0.05) is 61.9 Å². The zero-order valence-corrected chi connectivity index (χ0v) is 16.2. The highest BCUT2D eigenvalue weighted by Gasteiger charge is 2.36. The first-order valence-electron chi connectivity index (χ1n) is 8.20. The van der Waals surface area contributed by atoms with Gasteiger partial charge in [-0.15, -0.1) is 0 Å². The van der Waals surface area contributed by atoms with Gasteiger partial charge in [-0.2, -0.15) is 0 Å². The van der Waals surface area contributed by atoms with Crippen LogP contribution < -0.4 is 4.74 Å². The Morgan fingerprint density at radius 2 is 2.13 bits per heavy atom. The van der Waals surface area contributed by atoms with Crippen LogP contribution in [-0.4, -0.2) is 34.7 Å². The first kappa shape index (κ1) is 18.4. The lowest BCUT2D eigenvalue weighted by Crippen LogP contribution is -2.53.